The molecule has 8 heteroatoms. The van der Waals surface area contributed by atoms with Gasteiger partial charge in [-0.1, -0.05) is 0 Å². The molecule has 104 valence electrons. The predicted octanol–water partition coefficient (Wildman–Crippen LogP) is 0.895. The summed E-state index contributed by atoms with van der Waals surface area (Å²) in [6.45, 7) is 1.75. The minimum absolute atomic E-state index is 0.433. The van der Waals surface area contributed by atoms with E-state index in [4.69, 9.17) is 5.14 Å². The van der Waals surface area contributed by atoms with Gasteiger partial charge in [0.05, 0.1) is 5.56 Å². The van der Waals surface area contributed by atoms with Gasteiger partial charge in [-0.2, -0.15) is 0 Å². The first kappa shape index (κ1) is 13.9. The number of rotatable bonds is 3. The molecule has 1 aromatic rings. The number of amides is 1. The Bertz CT molecular complexity index is 654. The molecule has 0 heterocycles. The van der Waals surface area contributed by atoms with Crippen LogP contribution in [0.4, 0.5) is 8.78 Å². The van der Waals surface area contributed by atoms with E-state index in [0.29, 0.717) is 12.1 Å². The van der Waals surface area contributed by atoms with E-state index in [1.807, 2.05) is 0 Å². The summed E-state index contributed by atoms with van der Waals surface area (Å²) in [4.78, 5) is 10.8. The molecule has 1 saturated carbocycles. The van der Waals surface area contributed by atoms with Crippen molar-refractivity contribution in [3.63, 3.8) is 0 Å². The number of nitrogens with two attached hydrogens (primary N) is 1. The molecule has 1 aliphatic rings. The lowest BCUT2D eigenvalue weighted by Crippen LogP contribution is -2.35. The molecule has 1 aliphatic carbocycles. The molecular formula is C11H12F2N2O3S. The van der Waals surface area contributed by atoms with E-state index in [1.165, 1.54) is 0 Å². The topological polar surface area (TPSA) is 89.3 Å². The minimum Gasteiger partial charge on any atom is -0.347 e. The number of primary sulfonamides is 1. The van der Waals surface area contributed by atoms with Gasteiger partial charge in [-0.25, -0.2) is 22.3 Å². The Kier molecular flexibility index (Phi) is 3.10. The van der Waals surface area contributed by atoms with Gasteiger partial charge in [-0.15, -0.1) is 0 Å². The number of hydrogen-bond acceptors (Lipinski definition) is 3. The van der Waals surface area contributed by atoms with Gasteiger partial charge < -0.3 is 5.32 Å². The largest absolute Gasteiger partial charge is 0.347 e. The van der Waals surface area contributed by atoms with Crippen LogP contribution in [0.3, 0.4) is 0 Å². The highest BCUT2D eigenvalue weighted by molar-refractivity contribution is 7.89. The molecule has 0 aliphatic heterocycles. The molecule has 1 amide bonds. The molecule has 0 unspecified atom stereocenters. The van der Waals surface area contributed by atoms with Gasteiger partial charge in [0.15, 0.2) is 5.82 Å². The summed E-state index contributed by atoms with van der Waals surface area (Å²) in [6.07, 6.45) is 1.47. The van der Waals surface area contributed by atoms with E-state index in [9.17, 15) is 22.0 Å². The second-order valence-electron chi connectivity index (χ2n) is 4.83. The fourth-order valence-electron chi connectivity index (χ4n) is 1.59. The summed E-state index contributed by atoms with van der Waals surface area (Å²) in [5.41, 5.74) is -1.10. The van der Waals surface area contributed by atoms with Crippen LogP contribution in [0.5, 0.6) is 0 Å². The van der Waals surface area contributed by atoms with Crippen molar-refractivity contribution in [1.29, 1.82) is 0 Å². The third-order valence-electron chi connectivity index (χ3n) is 2.97. The lowest BCUT2D eigenvalue weighted by atomic mass is 10.1. The Balaban J connectivity index is 2.46. The summed E-state index contributed by atoms with van der Waals surface area (Å²) < 4.78 is 49.4. The molecule has 2 rings (SSSR count). The van der Waals surface area contributed by atoms with Gasteiger partial charge in [0.25, 0.3) is 5.91 Å². The number of hydrogen-bond donors (Lipinski definition) is 2. The molecule has 19 heavy (non-hydrogen) atoms. The van der Waals surface area contributed by atoms with Crippen molar-refractivity contribution in [2.45, 2.75) is 30.2 Å². The molecule has 0 atom stereocenters. The van der Waals surface area contributed by atoms with Crippen LogP contribution in [0.25, 0.3) is 0 Å². The molecule has 0 aromatic heterocycles. The molecule has 0 saturated heterocycles. The summed E-state index contributed by atoms with van der Waals surface area (Å²) in [5, 5.41) is 7.28. The number of carbonyl (C=O) groups excluding carboxylic acids is 1. The van der Waals surface area contributed by atoms with Gasteiger partial charge in [0.1, 0.15) is 10.7 Å². The van der Waals surface area contributed by atoms with Crippen LogP contribution in [-0.2, 0) is 10.0 Å². The van der Waals surface area contributed by atoms with E-state index in [0.717, 1.165) is 12.8 Å². The number of nitrogens with one attached hydrogen (secondary N) is 1. The maximum atomic E-state index is 13.9. The van der Waals surface area contributed by atoms with Crippen molar-refractivity contribution in [2.24, 2.45) is 5.14 Å². The molecule has 1 aromatic carbocycles. The van der Waals surface area contributed by atoms with Crippen molar-refractivity contribution in [3.8, 4) is 0 Å². The zero-order valence-corrected chi connectivity index (χ0v) is 10.9. The SMILES string of the molecule is CC1(NC(=O)c2cc(F)cc(S(N)(=O)=O)c2F)CC1. The van der Waals surface area contributed by atoms with Crippen molar-refractivity contribution in [2.75, 3.05) is 0 Å². The van der Waals surface area contributed by atoms with Crippen LogP contribution in [0.2, 0.25) is 0 Å². The molecule has 0 spiro atoms. The second kappa shape index (κ2) is 4.24. The Labute approximate surface area is 108 Å². The van der Waals surface area contributed by atoms with Crippen LogP contribution in [-0.4, -0.2) is 19.9 Å². The Morgan fingerprint density at radius 1 is 1.37 bits per heavy atom. The molecule has 0 bridgehead atoms. The highest BCUT2D eigenvalue weighted by Gasteiger charge is 2.39. The standard InChI is InChI=1S/C11H12F2N2O3S/c1-11(2-3-11)15-10(16)7-4-6(12)5-8(9(7)13)19(14,17)18/h4-5H,2-3H2,1H3,(H,15,16)(H2,14,17,18). The van der Waals surface area contributed by atoms with Crippen molar-refractivity contribution < 1.29 is 22.0 Å². The highest BCUT2D eigenvalue weighted by Crippen LogP contribution is 2.34. The van der Waals surface area contributed by atoms with Crippen LogP contribution in [0.1, 0.15) is 30.1 Å². The van der Waals surface area contributed by atoms with Gasteiger partial charge >= 0.3 is 0 Å². The van der Waals surface area contributed by atoms with Gasteiger partial charge in [0, 0.05) is 5.54 Å². The van der Waals surface area contributed by atoms with Crippen LogP contribution in [0, 0.1) is 11.6 Å². The zero-order chi connectivity index (χ0) is 14.4. The number of benzene rings is 1. The average Bonchev–Trinajstić information content (AvgIpc) is 2.97. The van der Waals surface area contributed by atoms with Crippen molar-refractivity contribution in [3.05, 3.63) is 29.3 Å². The maximum absolute atomic E-state index is 13.9. The highest BCUT2D eigenvalue weighted by atomic mass is 32.2. The lowest BCUT2D eigenvalue weighted by Gasteiger charge is -2.13. The minimum atomic E-state index is -4.44. The Morgan fingerprint density at radius 2 is 1.95 bits per heavy atom. The fraction of sp³-hybridized carbons (Fsp3) is 0.364. The van der Waals surface area contributed by atoms with Gasteiger partial charge in [0.2, 0.25) is 10.0 Å². The summed E-state index contributed by atoms with van der Waals surface area (Å²) in [7, 11) is -4.44. The van der Waals surface area contributed by atoms with Crippen LogP contribution in [0.15, 0.2) is 17.0 Å². The number of sulfonamides is 1. The molecule has 3 N–H and O–H groups in total. The summed E-state index contributed by atoms with van der Waals surface area (Å²) >= 11 is 0. The van der Waals surface area contributed by atoms with E-state index in [2.05, 4.69) is 5.32 Å². The van der Waals surface area contributed by atoms with Gasteiger partial charge in [-0.3, -0.25) is 4.79 Å². The normalized spacial score (nSPS) is 17.1. The van der Waals surface area contributed by atoms with Gasteiger partial charge in [-0.05, 0) is 31.9 Å². The first-order chi connectivity index (χ1) is 8.62. The third-order valence-corrected chi connectivity index (χ3v) is 3.88. The first-order valence-corrected chi connectivity index (χ1v) is 7.01. The van der Waals surface area contributed by atoms with Crippen molar-refractivity contribution >= 4 is 15.9 Å². The number of carbonyl (C=O) groups is 1. The number of halogens is 2. The van der Waals surface area contributed by atoms with E-state index < -0.39 is 43.6 Å². The Hall–Kier alpha value is -1.54. The maximum Gasteiger partial charge on any atom is 0.254 e. The summed E-state index contributed by atoms with van der Waals surface area (Å²) in [5.74, 6) is -3.25. The molecule has 1 fully saturated rings. The van der Waals surface area contributed by atoms with Crippen LogP contribution < -0.4 is 10.5 Å². The average molecular weight is 290 g/mol. The quantitative estimate of drug-likeness (QED) is 0.866. The monoisotopic (exact) mass is 290 g/mol. The van der Waals surface area contributed by atoms with E-state index >= 15 is 0 Å². The third kappa shape index (κ3) is 2.90. The molecule has 0 radical (unpaired) electrons. The smallest absolute Gasteiger partial charge is 0.254 e. The lowest BCUT2D eigenvalue weighted by molar-refractivity contribution is 0.0930. The fourth-order valence-corrected chi connectivity index (χ4v) is 2.23. The summed E-state index contributed by atoms with van der Waals surface area (Å²) in [6, 6.07) is 1.09. The Morgan fingerprint density at radius 3 is 2.42 bits per heavy atom. The van der Waals surface area contributed by atoms with Crippen molar-refractivity contribution in [1.82, 2.24) is 5.32 Å². The molecule has 5 nitrogen and oxygen atoms in total. The van der Waals surface area contributed by atoms with Crippen LogP contribution >= 0.6 is 0 Å². The van der Waals surface area contributed by atoms with E-state index in [-0.39, 0.29) is 0 Å². The predicted molar refractivity (Wildman–Crippen MR) is 62.8 cm³/mol. The molecular weight excluding hydrogens is 278 g/mol. The van der Waals surface area contributed by atoms with E-state index in [1.54, 1.807) is 6.92 Å². The first-order valence-electron chi connectivity index (χ1n) is 5.47. The zero-order valence-electron chi connectivity index (χ0n) is 10.0. The second-order valence-corrected chi connectivity index (χ2v) is 6.36.